The summed E-state index contributed by atoms with van der Waals surface area (Å²) in [4.78, 5) is 2.51. The van der Waals surface area contributed by atoms with Gasteiger partial charge in [0.1, 0.15) is 5.75 Å². The van der Waals surface area contributed by atoms with Crippen LogP contribution in [0.4, 0.5) is 0 Å². The highest BCUT2D eigenvalue weighted by Gasteiger charge is 2.29. The summed E-state index contributed by atoms with van der Waals surface area (Å²) >= 11 is 0. The van der Waals surface area contributed by atoms with Crippen LogP contribution in [-0.2, 0) is 16.6 Å². The van der Waals surface area contributed by atoms with Crippen molar-refractivity contribution in [1.29, 1.82) is 0 Å². The summed E-state index contributed by atoms with van der Waals surface area (Å²) in [5.74, 6) is 1.93. The Labute approximate surface area is 171 Å². The van der Waals surface area contributed by atoms with Gasteiger partial charge < -0.3 is 14.2 Å². The Morgan fingerprint density at radius 1 is 0.966 bits per heavy atom. The first-order valence-electron chi connectivity index (χ1n) is 9.81. The number of fused-ring (bicyclic) bond motifs is 1. The molecule has 0 unspecified atom stereocenters. The number of ether oxygens (including phenoxy) is 3. The van der Waals surface area contributed by atoms with E-state index in [4.69, 9.17) is 14.2 Å². The van der Waals surface area contributed by atoms with Crippen LogP contribution in [0.25, 0.3) is 0 Å². The molecule has 0 radical (unpaired) electrons. The van der Waals surface area contributed by atoms with Crippen LogP contribution in [0.15, 0.2) is 47.4 Å². The lowest BCUT2D eigenvalue weighted by atomic mass is 10.2. The minimum atomic E-state index is -3.56. The van der Waals surface area contributed by atoms with Gasteiger partial charge in [-0.15, -0.1) is 0 Å². The normalized spacial score (nSPS) is 18.2. The summed E-state index contributed by atoms with van der Waals surface area (Å²) in [5, 5.41) is 0. The van der Waals surface area contributed by atoms with E-state index in [1.165, 1.54) is 0 Å². The molecule has 2 heterocycles. The molecule has 0 aliphatic carbocycles. The Bertz CT molecular complexity index is 955. The monoisotopic (exact) mass is 418 g/mol. The van der Waals surface area contributed by atoms with E-state index in [1.807, 2.05) is 18.2 Å². The molecule has 0 aromatic heterocycles. The maximum Gasteiger partial charge on any atom is 0.243 e. The molecule has 156 valence electrons. The fourth-order valence-electron chi connectivity index (χ4n) is 3.61. The van der Waals surface area contributed by atoms with Crippen LogP contribution in [-0.4, -0.2) is 64.1 Å². The summed E-state index contributed by atoms with van der Waals surface area (Å²) in [7, 11) is -1.91. The van der Waals surface area contributed by atoms with Crippen LogP contribution in [0.3, 0.4) is 0 Å². The molecule has 1 fully saturated rings. The van der Waals surface area contributed by atoms with Crippen molar-refractivity contribution >= 4 is 10.0 Å². The third-order valence-corrected chi connectivity index (χ3v) is 7.12. The standard InChI is InChI=1S/C21H26N2O5S/c1-26-18-5-2-4-17(14-18)16-22-8-10-23(11-9-22)29(24,25)19-6-7-20-21(15-19)28-13-3-12-27-20/h2,4-7,14-15H,3,8-13,16H2,1H3. The lowest BCUT2D eigenvalue weighted by molar-refractivity contribution is 0.181. The Kier molecular flexibility index (Phi) is 5.94. The molecule has 0 N–H and O–H groups in total. The van der Waals surface area contributed by atoms with Gasteiger partial charge in [0.15, 0.2) is 11.5 Å². The van der Waals surface area contributed by atoms with Gasteiger partial charge in [-0.3, -0.25) is 4.90 Å². The molecule has 2 aromatic rings. The summed E-state index contributed by atoms with van der Waals surface area (Å²) in [5.41, 5.74) is 1.16. The summed E-state index contributed by atoms with van der Waals surface area (Å²) in [6, 6.07) is 12.8. The van der Waals surface area contributed by atoms with Crippen molar-refractivity contribution in [2.75, 3.05) is 46.5 Å². The zero-order valence-corrected chi connectivity index (χ0v) is 17.4. The Hall–Kier alpha value is -2.29. The van der Waals surface area contributed by atoms with E-state index < -0.39 is 10.0 Å². The molecule has 0 spiro atoms. The van der Waals surface area contributed by atoms with Crippen LogP contribution in [0.2, 0.25) is 0 Å². The van der Waals surface area contributed by atoms with Gasteiger partial charge in [-0.1, -0.05) is 12.1 Å². The van der Waals surface area contributed by atoms with E-state index in [1.54, 1.807) is 29.6 Å². The maximum atomic E-state index is 13.1. The van der Waals surface area contributed by atoms with Gasteiger partial charge >= 0.3 is 0 Å². The van der Waals surface area contributed by atoms with Gasteiger partial charge in [0, 0.05) is 45.2 Å². The van der Waals surface area contributed by atoms with Crippen molar-refractivity contribution in [3.63, 3.8) is 0 Å². The Balaban J connectivity index is 1.41. The topological polar surface area (TPSA) is 68.3 Å². The third-order valence-electron chi connectivity index (χ3n) is 5.23. The number of hydrogen-bond donors (Lipinski definition) is 0. The van der Waals surface area contributed by atoms with Gasteiger partial charge in [-0.25, -0.2) is 8.42 Å². The predicted molar refractivity (Wildman–Crippen MR) is 109 cm³/mol. The van der Waals surface area contributed by atoms with Crippen LogP contribution in [0.1, 0.15) is 12.0 Å². The molecule has 2 aliphatic heterocycles. The molecule has 1 saturated heterocycles. The van der Waals surface area contributed by atoms with E-state index in [0.29, 0.717) is 50.9 Å². The molecule has 8 heteroatoms. The average Bonchev–Trinajstić information content (AvgIpc) is 2.99. The molecule has 7 nitrogen and oxygen atoms in total. The van der Waals surface area contributed by atoms with Crippen molar-refractivity contribution in [3.8, 4) is 17.2 Å². The van der Waals surface area contributed by atoms with Crippen LogP contribution < -0.4 is 14.2 Å². The maximum absolute atomic E-state index is 13.1. The average molecular weight is 419 g/mol. The predicted octanol–water partition coefficient (Wildman–Crippen LogP) is 2.36. The van der Waals surface area contributed by atoms with Crippen molar-refractivity contribution in [2.45, 2.75) is 17.9 Å². The first-order chi connectivity index (χ1) is 14.1. The van der Waals surface area contributed by atoms with Gasteiger partial charge in [0.25, 0.3) is 0 Å². The van der Waals surface area contributed by atoms with E-state index >= 15 is 0 Å². The lowest BCUT2D eigenvalue weighted by Crippen LogP contribution is -2.48. The van der Waals surface area contributed by atoms with Gasteiger partial charge in [0.2, 0.25) is 10.0 Å². The molecule has 29 heavy (non-hydrogen) atoms. The molecule has 0 amide bonds. The number of nitrogens with zero attached hydrogens (tertiary/aromatic N) is 2. The molecule has 0 atom stereocenters. The summed E-state index contributed by atoms with van der Waals surface area (Å²) in [6.45, 7) is 4.16. The largest absolute Gasteiger partial charge is 0.497 e. The smallest absolute Gasteiger partial charge is 0.243 e. The number of rotatable bonds is 5. The number of benzene rings is 2. The van der Waals surface area contributed by atoms with Crippen molar-refractivity contribution in [1.82, 2.24) is 9.21 Å². The summed E-state index contributed by atoms with van der Waals surface area (Å²) in [6.07, 6.45) is 0.784. The Morgan fingerprint density at radius 2 is 1.72 bits per heavy atom. The highest BCUT2D eigenvalue weighted by Crippen LogP contribution is 2.33. The molecule has 2 aromatic carbocycles. The van der Waals surface area contributed by atoms with Crippen molar-refractivity contribution in [3.05, 3.63) is 48.0 Å². The Morgan fingerprint density at radius 3 is 2.48 bits per heavy atom. The first kappa shape index (κ1) is 20.0. The molecule has 0 bridgehead atoms. The minimum Gasteiger partial charge on any atom is -0.497 e. The fourth-order valence-corrected chi connectivity index (χ4v) is 5.05. The zero-order chi connectivity index (χ0) is 20.3. The summed E-state index contributed by atoms with van der Waals surface area (Å²) < 4.78 is 44.3. The minimum absolute atomic E-state index is 0.253. The van der Waals surface area contributed by atoms with Gasteiger partial charge in [-0.05, 0) is 29.8 Å². The van der Waals surface area contributed by atoms with Crippen molar-refractivity contribution in [2.24, 2.45) is 0 Å². The SMILES string of the molecule is COc1cccc(CN2CCN(S(=O)(=O)c3ccc4c(c3)OCCCO4)CC2)c1. The molecule has 2 aliphatic rings. The van der Waals surface area contributed by atoms with E-state index in [2.05, 4.69) is 11.0 Å². The van der Waals surface area contributed by atoms with Gasteiger partial charge in [0.05, 0.1) is 25.2 Å². The van der Waals surface area contributed by atoms with E-state index in [9.17, 15) is 8.42 Å². The highest BCUT2D eigenvalue weighted by atomic mass is 32.2. The lowest BCUT2D eigenvalue weighted by Gasteiger charge is -2.34. The molecule has 0 saturated carbocycles. The zero-order valence-electron chi connectivity index (χ0n) is 16.5. The third kappa shape index (κ3) is 4.49. The van der Waals surface area contributed by atoms with Crippen LogP contribution >= 0.6 is 0 Å². The van der Waals surface area contributed by atoms with E-state index in [0.717, 1.165) is 24.3 Å². The number of sulfonamides is 1. The molecular weight excluding hydrogens is 392 g/mol. The highest BCUT2D eigenvalue weighted by molar-refractivity contribution is 7.89. The number of hydrogen-bond acceptors (Lipinski definition) is 6. The molecule has 4 rings (SSSR count). The molecular formula is C21H26N2O5S. The second-order valence-electron chi connectivity index (χ2n) is 7.19. The number of piperazine rings is 1. The second-order valence-corrected chi connectivity index (χ2v) is 9.13. The van der Waals surface area contributed by atoms with Crippen LogP contribution in [0.5, 0.6) is 17.2 Å². The van der Waals surface area contributed by atoms with E-state index in [-0.39, 0.29) is 4.90 Å². The van der Waals surface area contributed by atoms with Crippen molar-refractivity contribution < 1.29 is 22.6 Å². The first-order valence-corrected chi connectivity index (χ1v) is 11.3. The van der Waals surface area contributed by atoms with Crippen LogP contribution in [0, 0.1) is 0 Å². The fraction of sp³-hybridized carbons (Fsp3) is 0.429. The van der Waals surface area contributed by atoms with Gasteiger partial charge in [-0.2, -0.15) is 4.31 Å². The quantitative estimate of drug-likeness (QED) is 0.743. The second kappa shape index (κ2) is 8.61. The number of methoxy groups -OCH3 is 1.